The second kappa shape index (κ2) is 9.01. The summed E-state index contributed by atoms with van der Waals surface area (Å²) < 4.78 is 7.76. The summed E-state index contributed by atoms with van der Waals surface area (Å²) in [6.45, 7) is 5.23. The second-order valence-electron chi connectivity index (χ2n) is 6.49. The number of halogens is 1. The average Bonchev–Trinajstić information content (AvgIpc) is 3.07. The number of ether oxygens (including phenoxy) is 1. The van der Waals surface area contributed by atoms with Crippen LogP contribution < -0.4 is 10.1 Å². The zero-order chi connectivity index (χ0) is 18.7. The van der Waals surface area contributed by atoms with Gasteiger partial charge in [-0.25, -0.2) is 4.98 Å². The van der Waals surface area contributed by atoms with Crippen molar-refractivity contribution in [3.05, 3.63) is 48.0 Å². The number of rotatable bonds is 5. The first kappa shape index (κ1) is 20.9. The van der Waals surface area contributed by atoms with Gasteiger partial charge in [-0.1, -0.05) is 12.1 Å². The van der Waals surface area contributed by atoms with Crippen molar-refractivity contribution in [2.24, 2.45) is 7.05 Å². The molecule has 1 aromatic carbocycles. The highest BCUT2D eigenvalue weighted by molar-refractivity contribution is 5.94. The average molecular weight is 393 g/mol. The summed E-state index contributed by atoms with van der Waals surface area (Å²) in [6.07, 6.45) is 2.96. The quantitative estimate of drug-likeness (QED) is 0.787. The molecule has 2 unspecified atom stereocenters. The van der Waals surface area contributed by atoms with Crippen LogP contribution in [0.2, 0.25) is 0 Å². The molecule has 8 heteroatoms. The Kier molecular flexibility index (Phi) is 6.98. The number of hydrogen-bond acceptors (Lipinski definition) is 5. The summed E-state index contributed by atoms with van der Waals surface area (Å²) in [7, 11) is 1.92. The molecule has 2 heterocycles. The summed E-state index contributed by atoms with van der Waals surface area (Å²) in [5.74, 6) is 1.23. The fourth-order valence-corrected chi connectivity index (χ4v) is 3.17. The number of imidazole rings is 1. The maximum Gasteiger partial charge on any atom is 0.264 e. The van der Waals surface area contributed by atoms with Crippen molar-refractivity contribution < 1.29 is 14.3 Å². The highest BCUT2D eigenvalue weighted by atomic mass is 35.5. The van der Waals surface area contributed by atoms with E-state index in [0.717, 1.165) is 12.4 Å². The van der Waals surface area contributed by atoms with Crippen molar-refractivity contribution in [3.8, 4) is 5.75 Å². The molecular weight excluding hydrogens is 368 g/mol. The number of benzene rings is 1. The van der Waals surface area contributed by atoms with Crippen molar-refractivity contribution in [1.29, 1.82) is 0 Å². The first-order valence-electron chi connectivity index (χ1n) is 8.73. The molecule has 1 aromatic heterocycles. The minimum atomic E-state index is -0.655. The van der Waals surface area contributed by atoms with Crippen LogP contribution in [0.3, 0.4) is 0 Å². The lowest BCUT2D eigenvalue weighted by molar-refractivity contribution is -0.141. The Morgan fingerprint density at radius 1 is 1.37 bits per heavy atom. The number of carbonyl (C=O) groups is 2. The van der Waals surface area contributed by atoms with Crippen LogP contribution in [0.1, 0.15) is 36.1 Å². The summed E-state index contributed by atoms with van der Waals surface area (Å²) in [6, 6.07) is 6.77. The van der Waals surface area contributed by atoms with E-state index in [4.69, 9.17) is 4.74 Å². The first-order valence-corrected chi connectivity index (χ1v) is 8.73. The highest BCUT2D eigenvalue weighted by Crippen LogP contribution is 2.23. The molecule has 2 atom stereocenters. The fourth-order valence-electron chi connectivity index (χ4n) is 3.17. The fraction of sp³-hybridized carbons (Fsp3) is 0.421. The third-order valence-corrected chi connectivity index (χ3v) is 4.58. The van der Waals surface area contributed by atoms with Gasteiger partial charge in [0.1, 0.15) is 17.6 Å². The van der Waals surface area contributed by atoms with E-state index in [1.807, 2.05) is 22.7 Å². The maximum atomic E-state index is 13.0. The molecular formula is C19H25ClN4O3. The monoisotopic (exact) mass is 392 g/mol. The Morgan fingerprint density at radius 3 is 2.81 bits per heavy atom. The number of ketones is 1. The minimum absolute atomic E-state index is 0. The van der Waals surface area contributed by atoms with Crippen LogP contribution in [-0.4, -0.2) is 51.9 Å². The van der Waals surface area contributed by atoms with Crippen molar-refractivity contribution in [2.45, 2.75) is 26.0 Å². The largest absolute Gasteiger partial charge is 0.481 e. The normalized spacial score (nSPS) is 17.7. The van der Waals surface area contributed by atoms with Crippen LogP contribution in [-0.2, 0) is 11.8 Å². The number of carbonyl (C=O) groups excluding carboxylic acids is 2. The number of amides is 1. The third-order valence-electron chi connectivity index (χ3n) is 4.58. The lowest BCUT2D eigenvalue weighted by atomic mass is 10.1. The molecule has 1 aliphatic rings. The summed E-state index contributed by atoms with van der Waals surface area (Å²) in [5, 5.41) is 3.32. The molecule has 0 radical (unpaired) electrons. The summed E-state index contributed by atoms with van der Waals surface area (Å²) >= 11 is 0. The molecule has 7 nitrogen and oxygen atoms in total. The predicted molar refractivity (Wildman–Crippen MR) is 104 cm³/mol. The molecule has 3 rings (SSSR count). The van der Waals surface area contributed by atoms with E-state index >= 15 is 0 Å². The molecule has 1 saturated heterocycles. The molecule has 2 aromatic rings. The summed E-state index contributed by atoms with van der Waals surface area (Å²) in [4.78, 5) is 30.7. The van der Waals surface area contributed by atoms with Crippen molar-refractivity contribution in [3.63, 3.8) is 0 Å². The molecule has 1 amide bonds. The van der Waals surface area contributed by atoms with Crippen LogP contribution in [0.4, 0.5) is 0 Å². The van der Waals surface area contributed by atoms with Crippen LogP contribution >= 0.6 is 12.4 Å². The second-order valence-corrected chi connectivity index (χ2v) is 6.49. The number of Topliss-reactive ketones (excluding diaryl/α,β-unsaturated/α-hetero) is 1. The van der Waals surface area contributed by atoms with Crippen molar-refractivity contribution in [2.75, 3.05) is 19.6 Å². The Morgan fingerprint density at radius 2 is 2.15 bits per heavy atom. The van der Waals surface area contributed by atoms with Gasteiger partial charge in [0.05, 0.1) is 0 Å². The van der Waals surface area contributed by atoms with Gasteiger partial charge in [0.2, 0.25) is 0 Å². The Bertz CT molecular complexity index is 808. The Hall–Kier alpha value is -2.38. The van der Waals surface area contributed by atoms with Gasteiger partial charge in [0.25, 0.3) is 5.91 Å². The van der Waals surface area contributed by atoms with E-state index in [-0.39, 0.29) is 30.1 Å². The van der Waals surface area contributed by atoms with Crippen molar-refractivity contribution >= 4 is 24.1 Å². The summed E-state index contributed by atoms with van der Waals surface area (Å²) in [5.41, 5.74) is 0.565. The molecule has 1 fully saturated rings. The molecule has 0 bridgehead atoms. The number of nitrogens with one attached hydrogen (secondary N) is 1. The van der Waals surface area contributed by atoms with E-state index in [9.17, 15) is 9.59 Å². The number of nitrogens with zero attached hydrogens (tertiary/aromatic N) is 3. The molecule has 0 aliphatic carbocycles. The van der Waals surface area contributed by atoms with Gasteiger partial charge >= 0.3 is 0 Å². The lowest BCUT2D eigenvalue weighted by Crippen LogP contribution is -2.52. The Labute approximate surface area is 165 Å². The van der Waals surface area contributed by atoms with Gasteiger partial charge in [-0.15, -0.1) is 12.4 Å². The van der Waals surface area contributed by atoms with Crippen LogP contribution in [0.15, 0.2) is 36.7 Å². The van der Waals surface area contributed by atoms with E-state index in [0.29, 0.717) is 24.4 Å². The van der Waals surface area contributed by atoms with E-state index in [2.05, 4.69) is 10.3 Å². The van der Waals surface area contributed by atoms with Gasteiger partial charge in [0.15, 0.2) is 11.9 Å². The highest BCUT2D eigenvalue weighted by Gasteiger charge is 2.33. The Balaban J connectivity index is 0.00000261. The predicted octanol–water partition coefficient (Wildman–Crippen LogP) is 1.98. The molecule has 0 spiro atoms. The van der Waals surface area contributed by atoms with Gasteiger partial charge < -0.3 is 19.5 Å². The molecule has 146 valence electrons. The van der Waals surface area contributed by atoms with Gasteiger partial charge in [-0.2, -0.15) is 0 Å². The van der Waals surface area contributed by atoms with Crippen LogP contribution in [0.5, 0.6) is 5.75 Å². The van der Waals surface area contributed by atoms with E-state index in [1.54, 1.807) is 37.4 Å². The lowest BCUT2D eigenvalue weighted by Gasteiger charge is -2.37. The number of piperazine rings is 1. The molecule has 1 N–H and O–H groups in total. The molecule has 1 aliphatic heterocycles. The molecule has 0 saturated carbocycles. The van der Waals surface area contributed by atoms with Crippen LogP contribution in [0, 0.1) is 0 Å². The zero-order valence-corrected chi connectivity index (χ0v) is 16.5. The third kappa shape index (κ3) is 4.67. The molecule has 27 heavy (non-hydrogen) atoms. The van der Waals surface area contributed by atoms with E-state index < -0.39 is 6.10 Å². The SMILES string of the molecule is CC(=O)c1cccc(OC(C)C(=O)N2CCNCC2c2nccn2C)c1.Cl. The van der Waals surface area contributed by atoms with Gasteiger partial charge in [0, 0.05) is 44.6 Å². The van der Waals surface area contributed by atoms with E-state index in [1.165, 1.54) is 6.92 Å². The minimum Gasteiger partial charge on any atom is -0.481 e. The first-order chi connectivity index (χ1) is 12.5. The zero-order valence-electron chi connectivity index (χ0n) is 15.7. The number of hydrogen-bond donors (Lipinski definition) is 1. The number of aryl methyl sites for hydroxylation is 1. The maximum absolute atomic E-state index is 13.0. The topological polar surface area (TPSA) is 76.5 Å². The smallest absolute Gasteiger partial charge is 0.264 e. The number of aromatic nitrogens is 2. The van der Waals surface area contributed by atoms with Gasteiger partial charge in [-0.3, -0.25) is 9.59 Å². The van der Waals surface area contributed by atoms with Gasteiger partial charge in [-0.05, 0) is 26.0 Å². The van der Waals surface area contributed by atoms with Crippen molar-refractivity contribution in [1.82, 2.24) is 19.8 Å². The van der Waals surface area contributed by atoms with Crippen LogP contribution in [0.25, 0.3) is 0 Å². The standard InChI is InChI=1S/C19H24N4O3.ClH/c1-13(24)15-5-4-6-16(11-15)26-14(2)19(25)23-10-7-20-12-17(23)18-21-8-9-22(18)3;/h4-6,8-9,11,14,17,20H,7,10,12H2,1-3H3;1H.